The summed E-state index contributed by atoms with van der Waals surface area (Å²) in [4.78, 5) is 24.6. The number of hydrogen-bond acceptors (Lipinski definition) is 5. The molecule has 2 rings (SSSR count). The Labute approximate surface area is 128 Å². The lowest BCUT2D eigenvalue weighted by molar-refractivity contribution is 0.00121. The van der Waals surface area contributed by atoms with Crippen molar-refractivity contribution in [2.45, 2.75) is 25.4 Å². The highest BCUT2D eigenvalue weighted by Crippen LogP contribution is 2.18. The van der Waals surface area contributed by atoms with Crippen molar-refractivity contribution in [3.8, 4) is 0 Å². The zero-order valence-corrected chi connectivity index (χ0v) is 12.6. The summed E-state index contributed by atoms with van der Waals surface area (Å²) < 4.78 is 15.7. The average molecular weight is 311 g/mol. The molecule has 7 nitrogen and oxygen atoms in total. The van der Waals surface area contributed by atoms with Gasteiger partial charge in [0.15, 0.2) is 5.76 Å². The third kappa shape index (κ3) is 4.32. The smallest absolute Gasteiger partial charge is 0.371 e. The van der Waals surface area contributed by atoms with E-state index in [2.05, 4.69) is 0 Å². The van der Waals surface area contributed by atoms with Crippen LogP contribution in [0.4, 0.5) is 0 Å². The number of rotatable bonds is 7. The molecule has 1 aliphatic heterocycles. The highest BCUT2D eigenvalue weighted by Gasteiger charge is 2.26. The molecule has 122 valence electrons. The summed E-state index contributed by atoms with van der Waals surface area (Å²) in [6, 6.07) is 2.69. The molecule has 0 radical (unpaired) electrons. The van der Waals surface area contributed by atoms with Gasteiger partial charge in [-0.3, -0.25) is 4.79 Å². The van der Waals surface area contributed by atoms with Gasteiger partial charge in [0.1, 0.15) is 0 Å². The number of carbonyl (C=O) groups is 2. The Bertz CT molecular complexity index is 504. The van der Waals surface area contributed by atoms with Gasteiger partial charge < -0.3 is 23.9 Å². The van der Waals surface area contributed by atoms with Crippen molar-refractivity contribution in [1.82, 2.24) is 4.90 Å². The first kappa shape index (κ1) is 16.5. The minimum Gasteiger partial charge on any atom is -0.475 e. The lowest BCUT2D eigenvalue weighted by Crippen LogP contribution is -2.40. The van der Waals surface area contributed by atoms with Gasteiger partial charge in [0.2, 0.25) is 5.76 Å². The number of piperidine rings is 1. The highest BCUT2D eigenvalue weighted by atomic mass is 16.5. The summed E-state index contributed by atoms with van der Waals surface area (Å²) >= 11 is 0. The van der Waals surface area contributed by atoms with Crippen molar-refractivity contribution in [2.24, 2.45) is 0 Å². The third-order valence-electron chi connectivity index (χ3n) is 3.60. The van der Waals surface area contributed by atoms with Gasteiger partial charge >= 0.3 is 5.97 Å². The number of furan rings is 1. The van der Waals surface area contributed by atoms with Gasteiger partial charge in [-0.25, -0.2) is 4.79 Å². The van der Waals surface area contributed by atoms with Crippen LogP contribution in [-0.2, 0) is 9.47 Å². The number of nitrogens with zero attached hydrogens (tertiary/aromatic N) is 1. The molecule has 1 saturated heterocycles. The molecule has 0 saturated carbocycles. The molecule has 22 heavy (non-hydrogen) atoms. The Hall–Kier alpha value is -1.86. The van der Waals surface area contributed by atoms with Crippen molar-refractivity contribution in [1.29, 1.82) is 0 Å². The Morgan fingerprint density at radius 2 is 1.95 bits per heavy atom. The number of likely N-dealkylation sites (tertiary alicyclic amines) is 1. The summed E-state index contributed by atoms with van der Waals surface area (Å²) in [5, 5.41) is 8.80. The molecular formula is C15H21NO6. The summed E-state index contributed by atoms with van der Waals surface area (Å²) in [5.74, 6) is -1.61. The van der Waals surface area contributed by atoms with Crippen LogP contribution in [0.15, 0.2) is 16.5 Å². The first-order valence-corrected chi connectivity index (χ1v) is 7.34. The van der Waals surface area contributed by atoms with E-state index in [-0.39, 0.29) is 23.5 Å². The van der Waals surface area contributed by atoms with Crippen molar-refractivity contribution in [3.05, 3.63) is 23.7 Å². The van der Waals surface area contributed by atoms with Gasteiger partial charge in [-0.05, 0) is 31.4 Å². The lowest BCUT2D eigenvalue weighted by Gasteiger charge is -2.31. The number of carbonyl (C=O) groups excluding carboxylic acids is 1. The van der Waals surface area contributed by atoms with E-state index in [0.29, 0.717) is 26.3 Å². The van der Waals surface area contributed by atoms with E-state index < -0.39 is 5.97 Å². The maximum Gasteiger partial charge on any atom is 0.371 e. The van der Waals surface area contributed by atoms with Crippen LogP contribution in [0.3, 0.4) is 0 Å². The van der Waals surface area contributed by atoms with E-state index in [1.807, 2.05) is 0 Å². The largest absolute Gasteiger partial charge is 0.475 e. The predicted octanol–water partition coefficient (Wildman–Crippen LogP) is 1.64. The number of aromatic carboxylic acids is 1. The second-order valence-corrected chi connectivity index (χ2v) is 5.18. The fourth-order valence-corrected chi connectivity index (χ4v) is 2.40. The van der Waals surface area contributed by atoms with Crippen molar-refractivity contribution in [3.63, 3.8) is 0 Å². The Balaban J connectivity index is 1.78. The van der Waals surface area contributed by atoms with Gasteiger partial charge in [-0.1, -0.05) is 0 Å². The van der Waals surface area contributed by atoms with Crippen molar-refractivity contribution < 1.29 is 28.6 Å². The van der Waals surface area contributed by atoms with Crippen LogP contribution in [0.1, 0.15) is 40.4 Å². The number of amides is 1. The molecule has 1 aromatic heterocycles. The van der Waals surface area contributed by atoms with Crippen molar-refractivity contribution in [2.75, 3.05) is 33.4 Å². The minimum absolute atomic E-state index is 0.0665. The molecule has 0 bridgehead atoms. The second-order valence-electron chi connectivity index (χ2n) is 5.18. The summed E-state index contributed by atoms with van der Waals surface area (Å²) in [5.41, 5.74) is 0. The fraction of sp³-hybridized carbons (Fsp3) is 0.600. The lowest BCUT2D eigenvalue weighted by atomic mass is 10.1. The minimum atomic E-state index is -1.18. The monoisotopic (exact) mass is 311 g/mol. The van der Waals surface area contributed by atoms with E-state index in [4.69, 9.17) is 19.0 Å². The zero-order chi connectivity index (χ0) is 15.9. The van der Waals surface area contributed by atoms with E-state index in [1.54, 1.807) is 12.0 Å². The topological polar surface area (TPSA) is 89.2 Å². The van der Waals surface area contributed by atoms with E-state index in [1.165, 1.54) is 12.1 Å². The Kier molecular flexibility index (Phi) is 5.97. The molecular weight excluding hydrogens is 290 g/mol. The van der Waals surface area contributed by atoms with Crippen LogP contribution < -0.4 is 0 Å². The van der Waals surface area contributed by atoms with Crippen LogP contribution in [-0.4, -0.2) is 61.4 Å². The molecule has 2 heterocycles. The first-order valence-electron chi connectivity index (χ1n) is 7.34. The SMILES string of the molecule is COCCCOC1CCN(C(=O)c2ccc(C(=O)O)o2)CC1. The molecule has 1 aromatic rings. The van der Waals surface area contributed by atoms with E-state index >= 15 is 0 Å². The highest BCUT2D eigenvalue weighted by molar-refractivity contribution is 5.93. The normalized spacial score (nSPS) is 16.0. The number of hydrogen-bond donors (Lipinski definition) is 1. The van der Waals surface area contributed by atoms with Crippen molar-refractivity contribution >= 4 is 11.9 Å². The predicted molar refractivity (Wildman–Crippen MR) is 77.0 cm³/mol. The van der Waals surface area contributed by atoms with Crippen LogP contribution in [0, 0.1) is 0 Å². The van der Waals surface area contributed by atoms with Gasteiger partial charge in [0, 0.05) is 33.4 Å². The third-order valence-corrected chi connectivity index (χ3v) is 3.60. The van der Waals surface area contributed by atoms with Crippen LogP contribution in [0.2, 0.25) is 0 Å². The molecule has 1 aliphatic rings. The molecule has 0 spiro atoms. The Morgan fingerprint density at radius 3 is 2.55 bits per heavy atom. The van der Waals surface area contributed by atoms with Crippen LogP contribution in [0.5, 0.6) is 0 Å². The number of carboxylic acids is 1. The second kappa shape index (κ2) is 7.95. The molecule has 0 aromatic carbocycles. The zero-order valence-electron chi connectivity index (χ0n) is 12.6. The van der Waals surface area contributed by atoms with Gasteiger partial charge in [-0.15, -0.1) is 0 Å². The van der Waals surface area contributed by atoms with Crippen LogP contribution >= 0.6 is 0 Å². The molecule has 1 amide bonds. The molecule has 1 fully saturated rings. The van der Waals surface area contributed by atoms with Gasteiger partial charge in [0.25, 0.3) is 5.91 Å². The standard InChI is InChI=1S/C15H21NO6/c1-20-9-2-10-21-11-5-7-16(8-6-11)14(17)12-3-4-13(22-12)15(18)19/h3-4,11H,2,5-10H2,1H3,(H,18,19). The number of carboxylic acid groups (broad SMARTS) is 1. The summed E-state index contributed by atoms with van der Waals surface area (Å²) in [6.07, 6.45) is 2.56. The first-order chi connectivity index (χ1) is 10.6. The van der Waals surface area contributed by atoms with E-state index in [9.17, 15) is 9.59 Å². The average Bonchev–Trinajstić information content (AvgIpc) is 3.02. The fourth-order valence-electron chi connectivity index (χ4n) is 2.40. The molecule has 0 unspecified atom stereocenters. The summed E-state index contributed by atoms with van der Waals surface area (Å²) in [7, 11) is 1.66. The van der Waals surface area contributed by atoms with E-state index in [0.717, 1.165) is 19.3 Å². The maximum absolute atomic E-state index is 12.2. The quantitative estimate of drug-likeness (QED) is 0.770. The van der Waals surface area contributed by atoms with Gasteiger partial charge in [0.05, 0.1) is 6.10 Å². The molecule has 7 heteroatoms. The number of ether oxygens (including phenoxy) is 2. The van der Waals surface area contributed by atoms with Gasteiger partial charge in [-0.2, -0.15) is 0 Å². The number of methoxy groups -OCH3 is 1. The molecule has 0 aliphatic carbocycles. The summed E-state index contributed by atoms with van der Waals surface area (Å²) in [6.45, 7) is 2.50. The molecule has 0 atom stereocenters. The molecule has 1 N–H and O–H groups in total. The maximum atomic E-state index is 12.2. The van der Waals surface area contributed by atoms with Crippen LogP contribution in [0.25, 0.3) is 0 Å². The Morgan fingerprint density at radius 1 is 1.27 bits per heavy atom.